The van der Waals surface area contributed by atoms with Gasteiger partial charge in [-0.3, -0.25) is 14.4 Å². The van der Waals surface area contributed by atoms with Gasteiger partial charge in [0.05, 0.1) is 5.69 Å². The molecule has 0 bridgehead atoms. The molecule has 1 unspecified atom stereocenters. The number of rotatable bonds is 7. The number of anilines is 1. The summed E-state index contributed by atoms with van der Waals surface area (Å²) in [5.74, 6) is -0.271. The molecule has 0 spiro atoms. The quantitative estimate of drug-likeness (QED) is 0.562. The van der Waals surface area contributed by atoms with E-state index >= 15 is 0 Å². The molecule has 1 atom stereocenters. The largest absolute Gasteiger partial charge is 0.481 e. The number of Topliss-reactive ketones (excluding diaryl/α,β-unsaturated/α-hetero) is 1. The molecule has 3 rings (SSSR count). The van der Waals surface area contributed by atoms with Crippen molar-refractivity contribution >= 4 is 23.3 Å². The van der Waals surface area contributed by atoms with Crippen LogP contribution in [-0.2, 0) is 9.59 Å². The number of carbonyl (C=O) groups is 3. The van der Waals surface area contributed by atoms with Crippen molar-refractivity contribution in [2.45, 2.75) is 45.1 Å². The summed E-state index contributed by atoms with van der Waals surface area (Å²) in [5.41, 5.74) is 1.16. The van der Waals surface area contributed by atoms with Gasteiger partial charge in [-0.25, -0.2) is 0 Å². The number of carbonyl (C=O) groups excluding carboxylic acids is 2. The lowest BCUT2D eigenvalue weighted by Gasteiger charge is -2.31. The maximum absolute atomic E-state index is 12.8. The summed E-state index contributed by atoms with van der Waals surface area (Å²) in [6.45, 7) is 4.28. The van der Waals surface area contributed by atoms with Gasteiger partial charge in [0.1, 0.15) is 5.75 Å². The highest BCUT2D eigenvalue weighted by Crippen LogP contribution is 2.32. The predicted octanol–water partition coefficient (Wildman–Crippen LogP) is 2.56. The van der Waals surface area contributed by atoms with Crippen molar-refractivity contribution < 1.29 is 24.2 Å². The van der Waals surface area contributed by atoms with Gasteiger partial charge in [0.2, 0.25) is 0 Å². The Kier molecular flexibility index (Phi) is 6.11. The summed E-state index contributed by atoms with van der Waals surface area (Å²) in [7, 11) is 0. The average molecular weight is 374 g/mol. The van der Waals surface area contributed by atoms with Crippen molar-refractivity contribution in [3.05, 3.63) is 23.8 Å². The third kappa shape index (κ3) is 4.86. The molecule has 146 valence electrons. The van der Waals surface area contributed by atoms with Crippen molar-refractivity contribution in [1.82, 2.24) is 4.90 Å². The van der Waals surface area contributed by atoms with Crippen LogP contribution in [0.15, 0.2) is 18.2 Å². The number of carboxylic acid groups (broad SMARTS) is 1. The number of hydrogen-bond acceptors (Lipinski definition) is 5. The van der Waals surface area contributed by atoms with E-state index < -0.39 is 12.1 Å². The van der Waals surface area contributed by atoms with E-state index in [-0.39, 0.29) is 24.0 Å². The summed E-state index contributed by atoms with van der Waals surface area (Å²) in [6, 6.07) is 5.22. The zero-order valence-electron chi connectivity index (χ0n) is 15.6. The van der Waals surface area contributed by atoms with Crippen molar-refractivity contribution in [2.24, 2.45) is 5.92 Å². The van der Waals surface area contributed by atoms with E-state index in [1.807, 2.05) is 0 Å². The molecule has 27 heavy (non-hydrogen) atoms. The number of ketones is 1. The van der Waals surface area contributed by atoms with E-state index in [4.69, 9.17) is 9.84 Å². The van der Waals surface area contributed by atoms with Crippen LogP contribution in [0.25, 0.3) is 0 Å². The van der Waals surface area contributed by atoms with E-state index in [0.29, 0.717) is 23.4 Å². The first-order chi connectivity index (χ1) is 12.9. The normalized spacial score (nSPS) is 20.5. The Hall–Kier alpha value is -2.41. The predicted molar refractivity (Wildman–Crippen MR) is 100 cm³/mol. The molecule has 7 nitrogen and oxygen atoms in total. The van der Waals surface area contributed by atoms with Crippen LogP contribution in [-0.4, -0.2) is 53.4 Å². The van der Waals surface area contributed by atoms with Gasteiger partial charge in [-0.2, -0.15) is 0 Å². The number of aliphatic carboxylic acids is 1. The van der Waals surface area contributed by atoms with Gasteiger partial charge >= 0.3 is 5.97 Å². The third-order valence-electron chi connectivity index (χ3n) is 5.27. The number of amides is 1. The Morgan fingerprint density at radius 2 is 2.00 bits per heavy atom. The minimum Gasteiger partial charge on any atom is -0.481 e. The van der Waals surface area contributed by atoms with Crippen molar-refractivity contribution in [3.8, 4) is 5.75 Å². The van der Waals surface area contributed by atoms with Gasteiger partial charge in [-0.05, 0) is 70.4 Å². The van der Waals surface area contributed by atoms with Gasteiger partial charge in [0.25, 0.3) is 5.91 Å². The molecule has 2 aliphatic rings. The molecule has 1 amide bonds. The van der Waals surface area contributed by atoms with Crippen molar-refractivity contribution in [1.29, 1.82) is 0 Å². The minimum atomic E-state index is -0.750. The summed E-state index contributed by atoms with van der Waals surface area (Å²) < 4.78 is 5.53. The Morgan fingerprint density at radius 1 is 1.26 bits per heavy atom. The molecule has 0 aromatic heterocycles. The zero-order chi connectivity index (χ0) is 19.4. The first-order valence-electron chi connectivity index (χ1n) is 9.54. The maximum atomic E-state index is 12.8. The van der Waals surface area contributed by atoms with E-state index in [0.717, 1.165) is 38.9 Å². The Bertz CT molecular complexity index is 725. The minimum absolute atomic E-state index is 0.0162. The monoisotopic (exact) mass is 374 g/mol. The lowest BCUT2D eigenvalue weighted by Crippen LogP contribution is -2.37. The number of carboxylic acids is 1. The Morgan fingerprint density at radius 3 is 2.70 bits per heavy atom. The van der Waals surface area contributed by atoms with Crippen LogP contribution in [0.1, 0.15) is 49.4 Å². The topological polar surface area (TPSA) is 95.9 Å². The standard InChI is InChI=1S/C20H26N2O5/c1-13-20(26)21-16-12-15(5-6-17(16)27-13)19(25)14-7-10-22(11-8-14)9-3-2-4-18(23)24/h5-6,12-14H,2-4,7-11H2,1H3,(H,21,26)(H,23,24). The highest BCUT2D eigenvalue weighted by molar-refractivity contribution is 6.02. The van der Waals surface area contributed by atoms with Gasteiger partial charge in [-0.15, -0.1) is 0 Å². The Balaban J connectivity index is 1.52. The summed E-state index contributed by atoms with van der Waals surface area (Å²) in [6.07, 6.45) is 2.85. The van der Waals surface area contributed by atoms with Crippen LogP contribution in [0.4, 0.5) is 5.69 Å². The molecule has 1 saturated heterocycles. The fourth-order valence-corrected chi connectivity index (χ4v) is 3.63. The fourth-order valence-electron chi connectivity index (χ4n) is 3.63. The van der Waals surface area contributed by atoms with E-state index in [9.17, 15) is 14.4 Å². The smallest absolute Gasteiger partial charge is 0.303 e. The molecule has 1 aromatic carbocycles. The molecule has 2 N–H and O–H groups in total. The number of benzene rings is 1. The third-order valence-corrected chi connectivity index (χ3v) is 5.27. The van der Waals surface area contributed by atoms with Gasteiger partial charge in [0, 0.05) is 17.9 Å². The molecule has 0 aliphatic carbocycles. The van der Waals surface area contributed by atoms with Gasteiger partial charge in [0.15, 0.2) is 11.9 Å². The van der Waals surface area contributed by atoms with E-state index in [1.54, 1.807) is 25.1 Å². The van der Waals surface area contributed by atoms with Crippen LogP contribution in [0.5, 0.6) is 5.75 Å². The number of nitrogens with zero attached hydrogens (tertiary/aromatic N) is 1. The van der Waals surface area contributed by atoms with Crippen LogP contribution in [0, 0.1) is 5.92 Å². The molecule has 2 aliphatic heterocycles. The van der Waals surface area contributed by atoms with Crippen molar-refractivity contribution in [3.63, 3.8) is 0 Å². The van der Waals surface area contributed by atoms with Gasteiger partial charge < -0.3 is 20.1 Å². The molecular formula is C20H26N2O5. The van der Waals surface area contributed by atoms with Crippen molar-refractivity contribution in [2.75, 3.05) is 25.0 Å². The first kappa shape index (κ1) is 19.4. The number of fused-ring (bicyclic) bond motifs is 1. The number of ether oxygens (including phenoxy) is 1. The van der Waals surface area contributed by atoms with E-state index in [2.05, 4.69) is 10.2 Å². The second-order valence-corrected chi connectivity index (χ2v) is 7.29. The summed E-state index contributed by atoms with van der Waals surface area (Å²) in [4.78, 5) is 37.4. The number of hydrogen-bond donors (Lipinski definition) is 2. The highest BCUT2D eigenvalue weighted by atomic mass is 16.5. The summed E-state index contributed by atoms with van der Waals surface area (Å²) >= 11 is 0. The van der Waals surface area contributed by atoms with Crippen LogP contribution >= 0.6 is 0 Å². The SMILES string of the molecule is CC1Oc2ccc(C(=O)C3CCN(CCCCC(=O)O)CC3)cc2NC1=O. The van der Waals surface area contributed by atoms with Crippen LogP contribution in [0.2, 0.25) is 0 Å². The molecule has 2 heterocycles. The average Bonchev–Trinajstić information content (AvgIpc) is 2.65. The van der Waals surface area contributed by atoms with E-state index in [1.165, 1.54) is 0 Å². The number of piperidine rings is 1. The number of unbranched alkanes of at least 4 members (excludes halogenated alkanes) is 1. The van der Waals surface area contributed by atoms with Gasteiger partial charge in [-0.1, -0.05) is 0 Å². The molecule has 1 fully saturated rings. The molecule has 7 heteroatoms. The number of nitrogens with one attached hydrogen (secondary N) is 1. The number of likely N-dealkylation sites (tertiary alicyclic amines) is 1. The summed E-state index contributed by atoms with van der Waals surface area (Å²) in [5, 5.41) is 11.5. The zero-order valence-corrected chi connectivity index (χ0v) is 15.6. The highest BCUT2D eigenvalue weighted by Gasteiger charge is 2.28. The molecular weight excluding hydrogens is 348 g/mol. The molecule has 1 aromatic rings. The molecule has 0 radical (unpaired) electrons. The second-order valence-electron chi connectivity index (χ2n) is 7.29. The van der Waals surface area contributed by atoms with Crippen LogP contribution in [0.3, 0.4) is 0 Å². The first-order valence-corrected chi connectivity index (χ1v) is 9.54. The lowest BCUT2D eigenvalue weighted by molar-refractivity contribution is -0.137. The Labute approximate surface area is 158 Å². The lowest BCUT2D eigenvalue weighted by atomic mass is 9.88. The second kappa shape index (κ2) is 8.52. The maximum Gasteiger partial charge on any atom is 0.303 e. The van der Waals surface area contributed by atoms with Crippen LogP contribution < -0.4 is 10.1 Å². The fraction of sp³-hybridized carbons (Fsp3) is 0.550. The molecule has 0 saturated carbocycles.